The van der Waals surface area contributed by atoms with Crippen LogP contribution in [0.4, 0.5) is 5.82 Å². The Morgan fingerprint density at radius 1 is 1.35 bits per heavy atom. The van der Waals surface area contributed by atoms with Gasteiger partial charge in [-0.25, -0.2) is 4.98 Å². The number of pyridine rings is 1. The van der Waals surface area contributed by atoms with Crippen molar-refractivity contribution in [2.75, 3.05) is 11.9 Å². The highest BCUT2D eigenvalue weighted by Crippen LogP contribution is 2.07. The zero-order valence-electron chi connectivity index (χ0n) is 11.0. The molecule has 0 saturated carbocycles. The van der Waals surface area contributed by atoms with Gasteiger partial charge in [0.1, 0.15) is 11.5 Å². The largest absolute Gasteiger partial charge is 0.370 e. The fourth-order valence-corrected chi connectivity index (χ4v) is 1.32. The van der Waals surface area contributed by atoms with Gasteiger partial charge < -0.3 is 10.6 Å². The molecule has 0 radical (unpaired) electrons. The lowest BCUT2D eigenvalue weighted by Crippen LogP contribution is -2.40. The van der Waals surface area contributed by atoms with E-state index in [1.165, 1.54) is 0 Å². The van der Waals surface area contributed by atoms with Crippen LogP contribution in [-0.2, 0) is 0 Å². The number of rotatable bonds is 4. The molecule has 1 heterocycles. The molecule has 0 unspecified atom stereocenters. The van der Waals surface area contributed by atoms with Crippen molar-refractivity contribution in [1.82, 2.24) is 10.3 Å². The monoisotopic (exact) mass is 235 g/mol. The summed E-state index contributed by atoms with van der Waals surface area (Å²) in [6.45, 7) is 8.79. The van der Waals surface area contributed by atoms with Crippen LogP contribution in [0.2, 0.25) is 0 Å². The fourth-order valence-electron chi connectivity index (χ4n) is 1.32. The summed E-state index contributed by atoms with van der Waals surface area (Å²) in [5.41, 5.74) is 0.201. The van der Waals surface area contributed by atoms with E-state index in [9.17, 15) is 4.79 Å². The molecule has 0 aliphatic heterocycles. The van der Waals surface area contributed by atoms with Gasteiger partial charge in [-0.05, 0) is 39.3 Å². The van der Waals surface area contributed by atoms with Crippen molar-refractivity contribution >= 4 is 11.7 Å². The van der Waals surface area contributed by atoms with Crippen LogP contribution in [0.15, 0.2) is 18.2 Å². The molecule has 94 valence electrons. The van der Waals surface area contributed by atoms with Crippen LogP contribution in [0.25, 0.3) is 0 Å². The van der Waals surface area contributed by atoms with Crippen molar-refractivity contribution < 1.29 is 4.79 Å². The Hall–Kier alpha value is -1.58. The molecule has 0 aliphatic carbocycles. The van der Waals surface area contributed by atoms with Gasteiger partial charge in [0.15, 0.2) is 0 Å². The van der Waals surface area contributed by atoms with E-state index in [0.717, 1.165) is 18.8 Å². The molecule has 0 spiro atoms. The van der Waals surface area contributed by atoms with Crippen LogP contribution >= 0.6 is 0 Å². The number of aromatic nitrogens is 1. The molecule has 4 nitrogen and oxygen atoms in total. The first-order chi connectivity index (χ1) is 7.92. The molecule has 0 aliphatic rings. The number of carbonyl (C=O) groups excluding carboxylic acids is 1. The first kappa shape index (κ1) is 13.5. The standard InChI is InChI=1S/C13H21N3O/c1-5-9-14-11-8-6-7-10(15-11)12(17)16-13(2,3)4/h6-8H,5,9H2,1-4H3,(H,14,15)(H,16,17). The molecule has 0 fully saturated rings. The Balaban J connectivity index is 2.74. The third-order valence-electron chi connectivity index (χ3n) is 2.03. The summed E-state index contributed by atoms with van der Waals surface area (Å²) in [6, 6.07) is 5.42. The Morgan fingerprint density at radius 3 is 2.65 bits per heavy atom. The van der Waals surface area contributed by atoms with E-state index in [1.54, 1.807) is 6.07 Å². The highest BCUT2D eigenvalue weighted by molar-refractivity contribution is 5.93. The molecule has 1 rings (SSSR count). The second kappa shape index (κ2) is 5.66. The van der Waals surface area contributed by atoms with Crippen LogP contribution < -0.4 is 10.6 Å². The average molecular weight is 235 g/mol. The molecule has 17 heavy (non-hydrogen) atoms. The molecule has 4 heteroatoms. The van der Waals surface area contributed by atoms with Crippen molar-refractivity contribution in [1.29, 1.82) is 0 Å². The zero-order chi connectivity index (χ0) is 12.9. The van der Waals surface area contributed by atoms with E-state index in [2.05, 4.69) is 22.5 Å². The van der Waals surface area contributed by atoms with Gasteiger partial charge in [-0.15, -0.1) is 0 Å². The maximum atomic E-state index is 11.9. The Kier molecular flexibility index (Phi) is 4.49. The minimum absolute atomic E-state index is 0.141. The first-order valence-electron chi connectivity index (χ1n) is 5.96. The van der Waals surface area contributed by atoms with Crippen molar-refractivity contribution in [3.05, 3.63) is 23.9 Å². The number of carbonyl (C=O) groups is 1. The first-order valence-corrected chi connectivity index (χ1v) is 5.96. The second-order valence-electron chi connectivity index (χ2n) is 5.04. The fraction of sp³-hybridized carbons (Fsp3) is 0.538. The predicted octanol–water partition coefficient (Wildman–Crippen LogP) is 2.43. The summed E-state index contributed by atoms with van der Waals surface area (Å²) >= 11 is 0. The molecule has 1 aromatic heterocycles. The molecule has 0 bridgehead atoms. The van der Waals surface area contributed by atoms with Gasteiger partial charge >= 0.3 is 0 Å². The van der Waals surface area contributed by atoms with Crippen molar-refractivity contribution in [2.24, 2.45) is 0 Å². The van der Waals surface area contributed by atoms with E-state index in [1.807, 2.05) is 32.9 Å². The van der Waals surface area contributed by atoms with Gasteiger partial charge in [-0.2, -0.15) is 0 Å². The van der Waals surface area contributed by atoms with Crippen LogP contribution in [0.5, 0.6) is 0 Å². The average Bonchev–Trinajstić information content (AvgIpc) is 2.24. The summed E-state index contributed by atoms with van der Waals surface area (Å²) in [6.07, 6.45) is 1.03. The summed E-state index contributed by atoms with van der Waals surface area (Å²) < 4.78 is 0. The third kappa shape index (κ3) is 4.85. The lowest BCUT2D eigenvalue weighted by molar-refractivity contribution is 0.0914. The molecular weight excluding hydrogens is 214 g/mol. The van der Waals surface area contributed by atoms with E-state index in [0.29, 0.717) is 5.69 Å². The van der Waals surface area contributed by atoms with Gasteiger partial charge in [0.2, 0.25) is 0 Å². The Bertz CT molecular complexity index is 382. The van der Waals surface area contributed by atoms with E-state index in [-0.39, 0.29) is 11.4 Å². The molecule has 1 amide bonds. The van der Waals surface area contributed by atoms with Crippen LogP contribution in [0.3, 0.4) is 0 Å². The van der Waals surface area contributed by atoms with Gasteiger partial charge in [-0.1, -0.05) is 13.0 Å². The molecular formula is C13H21N3O. The zero-order valence-corrected chi connectivity index (χ0v) is 11.0. The smallest absolute Gasteiger partial charge is 0.270 e. The predicted molar refractivity (Wildman–Crippen MR) is 70.2 cm³/mol. The molecule has 1 aromatic rings. The quantitative estimate of drug-likeness (QED) is 0.842. The van der Waals surface area contributed by atoms with E-state index >= 15 is 0 Å². The minimum atomic E-state index is -0.244. The van der Waals surface area contributed by atoms with Crippen molar-refractivity contribution in [3.63, 3.8) is 0 Å². The number of amides is 1. The SMILES string of the molecule is CCCNc1cccc(C(=O)NC(C)(C)C)n1. The normalized spacial score (nSPS) is 11.1. The van der Waals surface area contributed by atoms with Crippen molar-refractivity contribution in [2.45, 2.75) is 39.7 Å². The Labute approximate surface area is 103 Å². The summed E-state index contributed by atoms with van der Waals surface area (Å²) in [4.78, 5) is 16.2. The molecule has 0 aromatic carbocycles. The van der Waals surface area contributed by atoms with Crippen LogP contribution in [-0.4, -0.2) is 23.0 Å². The molecule has 2 N–H and O–H groups in total. The summed E-state index contributed by atoms with van der Waals surface area (Å²) in [5.74, 6) is 0.603. The maximum Gasteiger partial charge on any atom is 0.270 e. The number of anilines is 1. The maximum absolute atomic E-state index is 11.9. The lowest BCUT2D eigenvalue weighted by Gasteiger charge is -2.20. The van der Waals surface area contributed by atoms with Crippen LogP contribution in [0.1, 0.15) is 44.6 Å². The second-order valence-corrected chi connectivity index (χ2v) is 5.04. The summed E-state index contributed by atoms with van der Waals surface area (Å²) in [5, 5.41) is 6.05. The van der Waals surface area contributed by atoms with Gasteiger partial charge in [0.25, 0.3) is 5.91 Å². The number of nitrogens with zero attached hydrogens (tertiary/aromatic N) is 1. The van der Waals surface area contributed by atoms with E-state index in [4.69, 9.17) is 0 Å². The minimum Gasteiger partial charge on any atom is -0.370 e. The van der Waals surface area contributed by atoms with E-state index < -0.39 is 0 Å². The Morgan fingerprint density at radius 2 is 2.06 bits per heavy atom. The third-order valence-corrected chi connectivity index (χ3v) is 2.03. The number of hydrogen-bond acceptors (Lipinski definition) is 3. The highest BCUT2D eigenvalue weighted by Gasteiger charge is 2.16. The summed E-state index contributed by atoms with van der Waals surface area (Å²) in [7, 11) is 0. The van der Waals surface area contributed by atoms with Gasteiger partial charge in [-0.3, -0.25) is 4.79 Å². The lowest BCUT2D eigenvalue weighted by atomic mass is 10.1. The van der Waals surface area contributed by atoms with Crippen LogP contribution in [0, 0.1) is 0 Å². The number of hydrogen-bond donors (Lipinski definition) is 2. The van der Waals surface area contributed by atoms with Gasteiger partial charge in [0, 0.05) is 12.1 Å². The van der Waals surface area contributed by atoms with Gasteiger partial charge in [0.05, 0.1) is 0 Å². The topological polar surface area (TPSA) is 54.0 Å². The van der Waals surface area contributed by atoms with Crippen molar-refractivity contribution in [3.8, 4) is 0 Å². The molecule has 0 atom stereocenters. The molecule has 0 saturated heterocycles. The highest BCUT2D eigenvalue weighted by atomic mass is 16.2. The number of nitrogens with one attached hydrogen (secondary N) is 2.